The number of carbonyl (C=O) groups excluding carboxylic acids is 2. The first-order valence-corrected chi connectivity index (χ1v) is 6.93. The number of amides is 1. The molecule has 1 aliphatic heterocycles. The quantitative estimate of drug-likeness (QED) is 0.826. The molecule has 1 aromatic carbocycles. The third-order valence-electron chi connectivity index (χ3n) is 3.48. The summed E-state index contributed by atoms with van der Waals surface area (Å²) in [6, 6.07) is 6.92. The van der Waals surface area contributed by atoms with Crippen LogP contribution in [0.15, 0.2) is 24.3 Å². The molecule has 2 rings (SSSR count). The summed E-state index contributed by atoms with van der Waals surface area (Å²) in [4.78, 5) is 25.2. The molecule has 2 N–H and O–H groups in total. The van der Waals surface area contributed by atoms with Gasteiger partial charge in [-0.05, 0) is 12.5 Å². The summed E-state index contributed by atoms with van der Waals surface area (Å²) in [7, 11) is 1.28. The first-order valence-electron chi connectivity index (χ1n) is 6.93. The van der Waals surface area contributed by atoms with Crippen molar-refractivity contribution in [1.82, 2.24) is 4.90 Å². The van der Waals surface area contributed by atoms with Crippen molar-refractivity contribution in [3.63, 3.8) is 0 Å². The Morgan fingerprint density at radius 2 is 2.19 bits per heavy atom. The number of nitrogens with zero attached hydrogens (tertiary/aromatic N) is 1. The largest absolute Gasteiger partial charge is 0.491 e. The predicted octanol–water partition coefficient (Wildman–Crippen LogP) is 0.688. The van der Waals surface area contributed by atoms with E-state index in [0.29, 0.717) is 19.7 Å². The molecule has 1 unspecified atom stereocenters. The molecule has 21 heavy (non-hydrogen) atoms. The number of rotatable bonds is 4. The maximum atomic E-state index is 12.2. The predicted molar refractivity (Wildman–Crippen MR) is 76.6 cm³/mol. The molecule has 1 aliphatic rings. The fourth-order valence-corrected chi connectivity index (χ4v) is 2.24. The third kappa shape index (κ3) is 3.95. The maximum absolute atomic E-state index is 12.2. The van der Waals surface area contributed by atoms with Gasteiger partial charge in [0.05, 0.1) is 13.7 Å². The highest BCUT2D eigenvalue weighted by molar-refractivity contribution is 5.79. The molecule has 0 bridgehead atoms. The highest BCUT2D eigenvalue weighted by Crippen LogP contribution is 2.22. The van der Waals surface area contributed by atoms with Crippen molar-refractivity contribution < 1.29 is 19.1 Å². The molecule has 6 heteroatoms. The Kier molecular flexibility index (Phi) is 5.16. The Labute approximate surface area is 123 Å². The number of para-hydroxylation sites is 1. The van der Waals surface area contributed by atoms with Gasteiger partial charge in [-0.25, -0.2) is 0 Å². The maximum Gasteiger partial charge on any atom is 0.322 e. The van der Waals surface area contributed by atoms with Gasteiger partial charge in [0.25, 0.3) is 0 Å². The van der Waals surface area contributed by atoms with Gasteiger partial charge in [-0.2, -0.15) is 0 Å². The lowest BCUT2D eigenvalue weighted by Crippen LogP contribution is -2.36. The van der Waals surface area contributed by atoms with Gasteiger partial charge < -0.3 is 20.1 Å². The van der Waals surface area contributed by atoms with Gasteiger partial charge in [-0.1, -0.05) is 18.2 Å². The minimum atomic E-state index is -0.755. The van der Waals surface area contributed by atoms with E-state index in [1.807, 2.05) is 24.3 Å². The van der Waals surface area contributed by atoms with E-state index >= 15 is 0 Å². The zero-order valence-electron chi connectivity index (χ0n) is 12.1. The standard InChI is InChI=1S/C15H20N2O4/c1-20-15(19)12(16)6-7-14(18)17-8-9-21-13-5-3-2-4-11(13)10-17/h2-5,12H,6-10,16H2,1H3. The molecule has 1 atom stereocenters. The number of ether oxygens (including phenoxy) is 2. The van der Waals surface area contributed by atoms with Crippen LogP contribution < -0.4 is 10.5 Å². The molecule has 6 nitrogen and oxygen atoms in total. The van der Waals surface area contributed by atoms with Crippen LogP contribution in [0.2, 0.25) is 0 Å². The first-order chi connectivity index (χ1) is 10.1. The minimum absolute atomic E-state index is 0.0327. The van der Waals surface area contributed by atoms with E-state index in [2.05, 4.69) is 4.74 Å². The van der Waals surface area contributed by atoms with Crippen LogP contribution in [-0.4, -0.2) is 43.1 Å². The van der Waals surface area contributed by atoms with Crippen LogP contribution in [0.1, 0.15) is 18.4 Å². The summed E-state index contributed by atoms with van der Waals surface area (Å²) in [5.74, 6) is 0.293. The highest BCUT2D eigenvalue weighted by atomic mass is 16.5. The van der Waals surface area contributed by atoms with Crippen molar-refractivity contribution in [3.05, 3.63) is 29.8 Å². The lowest BCUT2D eigenvalue weighted by molar-refractivity contribution is -0.142. The summed E-state index contributed by atoms with van der Waals surface area (Å²) in [6.07, 6.45) is 0.503. The number of methoxy groups -OCH3 is 1. The topological polar surface area (TPSA) is 81.9 Å². The molecule has 0 spiro atoms. The molecule has 0 radical (unpaired) electrons. The van der Waals surface area contributed by atoms with Gasteiger partial charge in [0.1, 0.15) is 18.4 Å². The fraction of sp³-hybridized carbons (Fsp3) is 0.467. The highest BCUT2D eigenvalue weighted by Gasteiger charge is 2.21. The summed E-state index contributed by atoms with van der Waals surface area (Å²) in [5.41, 5.74) is 6.63. The Morgan fingerprint density at radius 1 is 1.43 bits per heavy atom. The Morgan fingerprint density at radius 3 is 2.95 bits per heavy atom. The van der Waals surface area contributed by atoms with Crippen molar-refractivity contribution >= 4 is 11.9 Å². The molecule has 0 aromatic heterocycles. The van der Waals surface area contributed by atoms with Crippen LogP contribution in [0.25, 0.3) is 0 Å². The van der Waals surface area contributed by atoms with Gasteiger partial charge in [0.2, 0.25) is 5.91 Å². The smallest absolute Gasteiger partial charge is 0.322 e. The number of carbonyl (C=O) groups is 2. The number of nitrogens with two attached hydrogens (primary N) is 1. The Bertz CT molecular complexity index is 518. The molecule has 1 heterocycles. The average molecular weight is 292 g/mol. The summed E-state index contributed by atoms with van der Waals surface area (Å²) < 4.78 is 10.2. The fourth-order valence-electron chi connectivity index (χ4n) is 2.24. The average Bonchev–Trinajstić information content (AvgIpc) is 2.73. The number of hydrogen-bond acceptors (Lipinski definition) is 5. The van der Waals surface area contributed by atoms with Gasteiger partial charge in [0.15, 0.2) is 0 Å². The SMILES string of the molecule is COC(=O)C(N)CCC(=O)N1CCOc2ccccc2C1. The molecule has 1 aromatic rings. The van der Waals surface area contributed by atoms with Crippen molar-refractivity contribution in [3.8, 4) is 5.75 Å². The molecule has 114 valence electrons. The van der Waals surface area contributed by atoms with Gasteiger partial charge >= 0.3 is 5.97 Å². The van der Waals surface area contributed by atoms with E-state index in [0.717, 1.165) is 11.3 Å². The van der Waals surface area contributed by atoms with Crippen LogP contribution in [0.3, 0.4) is 0 Å². The molecule has 0 aliphatic carbocycles. The van der Waals surface area contributed by atoms with Crippen molar-refractivity contribution in [2.75, 3.05) is 20.3 Å². The zero-order chi connectivity index (χ0) is 15.2. The second-order valence-electron chi connectivity index (χ2n) is 4.94. The lowest BCUT2D eigenvalue weighted by atomic mass is 10.1. The van der Waals surface area contributed by atoms with E-state index in [1.165, 1.54) is 7.11 Å². The van der Waals surface area contributed by atoms with Crippen LogP contribution >= 0.6 is 0 Å². The van der Waals surface area contributed by atoms with Crippen LogP contribution in [0, 0.1) is 0 Å². The molecule has 0 saturated heterocycles. The lowest BCUT2D eigenvalue weighted by Gasteiger charge is -2.20. The normalized spacial score (nSPS) is 15.4. The molecule has 0 fully saturated rings. The van der Waals surface area contributed by atoms with E-state index in [-0.39, 0.29) is 18.7 Å². The second kappa shape index (κ2) is 7.08. The summed E-state index contributed by atoms with van der Waals surface area (Å²) in [5, 5.41) is 0. The van der Waals surface area contributed by atoms with Gasteiger partial charge in [-0.15, -0.1) is 0 Å². The molecular formula is C15H20N2O4. The third-order valence-corrected chi connectivity index (χ3v) is 3.48. The number of fused-ring (bicyclic) bond motifs is 1. The van der Waals surface area contributed by atoms with E-state index < -0.39 is 12.0 Å². The monoisotopic (exact) mass is 292 g/mol. The van der Waals surface area contributed by atoms with Crippen molar-refractivity contribution in [1.29, 1.82) is 0 Å². The van der Waals surface area contributed by atoms with E-state index in [9.17, 15) is 9.59 Å². The Balaban J connectivity index is 1.93. The molecule has 0 saturated carbocycles. The summed E-state index contributed by atoms with van der Waals surface area (Å²) in [6.45, 7) is 1.51. The van der Waals surface area contributed by atoms with Gasteiger partial charge in [-0.3, -0.25) is 9.59 Å². The van der Waals surface area contributed by atoms with Crippen molar-refractivity contribution in [2.45, 2.75) is 25.4 Å². The molecular weight excluding hydrogens is 272 g/mol. The molecule has 1 amide bonds. The number of esters is 1. The van der Waals surface area contributed by atoms with Crippen LogP contribution in [-0.2, 0) is 20.9 Å². The van der Waals surface area contributed by atoms with Crippen molar-refractivity contribution in [2.24, 2.45) is 5.73 Å². The van der Waals surface area contributed by atoms with Gasteiger partial charge in [0, 0.05) is 18.5 Å². The van der Waals surface area contributed by atoms with E-state index in [1.54, 1.807) is 4.90 Å². The number of hydrogen-bond donors (Lipinski definition) is 1. The minimum Gasteiger partial charge on any atom is -0.491 e. The number of benzene rings is 1. The second-order valence-corrected chi connectivity index (χ2v) is 4.94. The van der Waals surface area contributed by atoms with Crippen LogP contribution in [0.4, 0.5) is 0 Å². The summed E-state index contributed by atoms with van der Waals surface area (Å²) >= 11 is 0. The first kappa shape index (κ1) is 15.3. The zero-order valence-corrected chi connectivity index (χ0v) is 12.1. The van der Waals surface area contributed by atoms with Crippen LogP contribution in [0.5, 0.6) is 5.75 Å². The van der Waals surface area contributed by atoms with E-state index in [4.69, 9.17) is 10.5 Å². The Hall–Kier alpha value is -2.08.